The molecule has 0 amide bonds. The smallest absolute Gasteiger partial charge is 0.0674 e. The molecular weight excluding hydrogens is 198 g/mol. The van der Waals surface area contributed by atoms with E-state index < -0.39 is 0 Å². The summed E-state index contributed by atoms with van der Waals surface area (Å²) in [5.74, 6) is 0.814. The molecule has 1 aliphatic heterocycles. The third-order valence-electron chi connectivity index (χ3n) is 2.68. The Hall–Kier alpha value is 0.210. The lowest BCUT2D eigenvalue weighted by molar-refractivity contribution is -0.0186. The van der Waals surface area contributed by atoms with E-state index in [9.17, 15) is 0 Å². The van der Waals surface area contributed by atoms with E-state index >= 15 is 0 Å². The van der Waals surface area contributed by atoms with Gasteiger partial charge in [-0.05, 0) is 26.3 Å². The number of hydrogen-bond acceptors (Lipinski definition) is 2. The predicted octanol–water partition coefficient (Wildman–Crippen LogP) is 2.51. The molecule has 0 aromatic rings. The molecule has 0 spiro atoms. The van der Waals surface area contributed by atoms with Crippen LogP contribution in [0.3, 0.4) is 0 Å². The Bertz CT molecular complexity index is 143. The van der Waals surface area contributed by atoms with Crippen LogP contribution in [0.25, 0.3) is 0 Å². The molecule has 3 heteroatoms. The molecule has 0 bridgehead atoms. The normalized spacial score (nSPS) is 24.0. The van der Waals surface area contributed by atoms with E-state index in [1.165, 1.54) is 32.2 Å². The van der Waals surface area contributed by atoms with Crippen molar-refractivity contribution in [1.82, 2.24) is 4.90 Å². The zero-order chi connectivity index (χ0) is 10.2. The van der Waals surface area contributed by atoms with Crippen molar-refractivity contribution in [2.45, 2.75) is 38.7 Å². The molecule has 1 atom stereocenters. The fraction of sp³-hybridized carbons (Fsp3) is 1.00. The number of alkyl halides is 1. The zero-order valence-corrected chi connectivity index (χ0v) is 9.93. The highest BCUT2D eigenvalue weighted by molar-refractivity contribution is 6.17. The third kappa shape index (κ3) is 5.18. The number of hydrogen-bond donors (Lipinski definition) is 0. The summed E-state index contributed by atoms with van der Waals surface area (Å²) in [6.45, 7) is 6.51. The molecule has 2 nitrogen and oxygen atoms in total. The Morgan fingerprint density at radius 3 is 2.79 bits per heavy atom. The Balaban J connectivity index is 1.95. The van der Waals surface area contributed by atoms with E-state index in [0.717, 1.165) is 25.6 Å². The van der Waals surface area contributed by atoms with Crippen molar-refractivity contribution in [3.05, 3.63) is 0 Å². The maximum Gasteiger partial charge on any atom is 0.0674 e. The molecule has 1 saturated heterocycles. The summed E-state index contributed by atoms with van der Waals surface area (Å²) in [7, 11) is 0. The summed E-state index contributed by atoms with van der Waals surface area (Å²) in [5.41, 5.74) is 0. The zero-order valence-electron chi connectivity index (χ0n) is 9.17. The third-order valence-corrected chi connectivity index (χ3v) is 2.95. The second kappa shape index (κ2) is 7.49. The second-order valence-electron chi connectivity index (χ2n) is 4.09. The standard InChI is InChI=1S/C11H22ClNO/c1-11-10-13(8-9-14-11)7-5-3-2-4-6-12/h11H,2-10H2,1H3. The topological polar surface area (TPSA) is 12.5 Å². The Morgan fingerprint density at radius 1 is 1.29 bits per heavy atom. The van der Waals surface area contributed by atoms with Crippen molar-refractivity contribution in [2.75, 3.05) is 32.1 Å². The minimum absolute atomic E-state index is 0.423. The van der Waals surface area contributed by atoms with Crippen molar-refractivity contribution < 1.29 is 4.74 Å². The van der Waals surface area contributed by atoms with Gasteiger partial charge in [0.05, 0.1) is 12.7 Å². The van der Waals surface area contributed by atoms with E-state index in [0.29, 0.717) is 6.10 Å². The van der Waals surface area contributed by atoms with Crippen molar-refractivity contribution in [3.8, 4) is 0 Å². The van der Waals surface area contributed by atoms with Gasteiger partial charge in [-0.3, -0.25) is 4.90 Å². The molecule has 1 rings (SSSR count). The molecule has 1 aliphatic rings. The van der Waals surface area contributed by atoms with E-state index in [1.807, 2.05) is 0 Å². The highest BCUT2D eigenvalue weighted by Crippen LogP contribution is 2.07. The van der Waals surface area contributed by atoms with Crippen LogP contribution in [0.15, 0.2) is 0 Å². The molecule has 0 aromatic heterocycles. The first kappa shape index (κ1) is 12.3. The van der Waals surface area contributed by atoms with Crippen LogP contribution in [0.5, 0.6) is 0 Å². The van der Waals surface area contributed by atoms with E-state index in [2.05, 4.69) is 11.8 Å². The summed E-state index contributed by atoms with van der Waals surface area (Å²) in [5, 5.41) is 0. The number of morpholine rings is 1. The van der Waals surface area contributed by atoms with Gasteiger partial charge in [0.1, 0.15) is 0 Å². The fourth-order valence-electron chi connectivity index (χ4n) is 1.88. The maximum atomic E-state index is 5.62. The Kier molecular flexibility index (Phi) is 6.57. The largest absolute Gasteiger partial charge is 0.376 e. The molecular formula is C11H22ClNO. The first-order chi connectivity index (χ1) is 6.83. The van der Waals surface area contributed by atoms with Crippen LogP contribution in [-0.4, -0.2) is 43.1 Å². The molecule has 0 aliphatic carbocycles. The average molecular weight is 220 g/mol. The van der Waals surface area contributed by atoms with Gasteiger partial charge in [-0.2, -0.15) is 0 Å². The van der Waals surface area contributed by atoms with Gasteiger partial charge in [0.15, 0.2) is 0 Å². The maximum absolute atomic E-state index is 5.62. The first-order valence-corrected chi connectivity index (χ1v) is 6.26. The molecule has 0 saturated carbocycles. The fourth-order valence-corrected chi connectivity index (χ4v) is 2.07. The predicted molar refractivity (Wildman–Crippen MR) is 61.0 cm³/mol. The highest BCUT2D eigenvalue weighted by atomic mass is 35.5. The van der Waals surface area contributed by atoms with Gasteiger partial charge in [0.25, 0.3) is 0 Å². The van der Waals surface area contributed by atoms with Crippen LogP contribution in [0, 0.1) is 0 Å². The quantitative estimate of drug-likeness (QED) is 0.503. The van der Waals surface area contributed by atoms with Crippen molar-refractivity contribution in [1.29, 1.82) is 0 Å². The van der Waals surface area contributed by atoms with Crippen LogP contribution < -0.4 is 0 Å². The SMILES string of the molecule is CC1CN(CCCCCCCl)CCO1. The molecule has 1 unspecified atom stereocenters. The van der Waals surface area contributed by atoms with Gasteiger partial charge in [0.2, 0.25) is 0 Å². The Labute approximate surface area is 92.6 Å². The van der Waals surface area contributed by atoms with Gasteiger partial charge in [-0.25, -0.2) is 0 Å². The first-order valence-electron chi connectivity index (χ1n) is 5.73. The van der Waals surface area contributed by atoms with E-state index in [1.54, 1.807) is 0 Å². The van der Waals surface area contributed by atoms with Crippen LogP contribution in [0.4, 0.5) is 0 Å². The van der Waals surface area contributed by atoms with Gasteiger partial charge < -0.3 is 4.74 Å². The van der Waals surface area contributed by atoms with Crippen molar-refractivity contribution >= 4 is 11.6 Å². The van der Waals surface area contributed by atoms with Crippen LogP contribution in [0.2, 0.25) is 0 Å². The minimum atomic E-state index is 0.423. The average Bonchev–Trinajstić information content (AvgIpc) is 2.18. The molecule has 0 N–H and O–H groups in total. The summed E-state index contributed by atoms with van der Waals surface area (Å²) in [6.07, 6.45) is 5.50. The van der Waals surface area contributed by atoms with Crippen LogP contribution in [-0.2, 0) is 4.74 Å². The molecule has 1 heterocycles. The number of ether oxygens (including phenoxy) is 1. The number of nitrogens with zero attached hydrogens (tertiary/aromatic N) is 1. The number of unbranched alkanes of at least 4 members (excludes halogenated alkanes) is 3. The van der Waals surface area contributed by atoms with Gasteiger partial charge in [-0.15, -0.1) is 11.6 Å². The minimum Gasteiger partial charge on any atom is -0.376 e. The van der Waals surface area contributed by atoms with E-state index in [4.69, 9.17) is 16.3 Å². The summed E-state index contributed by atoms with van der Waals surface area (Å²) in [4.78, 5) is 2.51. The number of rotatable bonds is 6. The summed E-state index contributed by atoms with van der Waals surface area (Å²) in [6, 6.07) is 0. The van der Waals surface area contributed by atoms with Gasteiger partial charge in [0, 0.05) is 19.0 Å². The van der Waals surface area contributed by atoms with Crippen molar-refractivity contribution in [3.63, 3.8) is 0 Å². The van der Waals surface area contributed by atoms with Crippen molar-refractivity contribution in [2.24, 2.45) is 0 Å². The molecule has 0 radical (unpaired) electrons. The van der Waals surface area contributed by atoms with Crippen LogP contribution >= 0.6 is 11.6 Å². The lowest BCUT2D eigenvalue weighted by Crippen LogP contribution is -2.41. The lowest BCUT2D eigenvalue weighted by Gasteiger charge is -2.30. The monoisotopic (exact) mass is 219 g/mol. The molecule has 14 heavy (non-hydrogen) atoms. The van der Waals surface area contributed by atoms with E-state index in [-0.39, 0.29) is 0 Å². The Morgan fingerprint density at radius 2 is 2.07 bits per heavy atom. The number of halogens is 1. The molecule has 0 aromatic carbocycles. The van der Waals surface area contributed by atoms with Gasteiger partial charge >= 0.3 is 0 Å². The van der Waals surface area contributed by atoms with Gasteiger partial charge in [-0.1, -0.05) is 12.8 Å². The lowest BCUT2D eigenvalue weighted by atomic mass is 10.2. The molecule has 84 valence electrons. The summed E-state index contributed by atoms with van der Waals surface area (Å²) < 4.78 is 5.49. The second-order valence-corrected chi connectivity index (χ2v) is 4.46. The van der Waals surface area contributed by atoms with Crippen LogP contribution in [0.1, 0.15) is 32.6 Å². The summed E-state index contributed by atoms with van der Waals surface area (Å²) >= 11 is 5.62. The molecule has 1 fully saturated rings. The highest BCUT2D eigenvalue weighted by Gasteiger charge is 2.15.